The van der Waals surface area contributed by atoms with Crippen molar-refractivity contribution in [3.05, 3.63) is 52.6 Å². The molecule has 1 aromatic heterocycles. The van der Waals surface area contributed by atoms with Gasteiger partial charge < -0.3 is 14.8 Å². The van der Waals surface area contributed by atoms with Gasteiger partial charge in [0.15, 0.2) is 12.4 Å². The van der Waals surface area contributed by atoms with Crippen molar-refractivity contribution in [1.29, 1.82) is 0 Å². The molecule has 0 spiro atoms. The zero-order valence-electron chi connectivity index (χ0n) is 18.2. The quantitative estimate of drug-likeness (QED) is 0.390. The third kappa shape index (κ3) is 5.68. The van der Waals surface area contributed by atoms with Gasteiger partial charge in [0, 0.05) is 23.0 Å². The van der Waals surface area contributed by atoms with Crippen molar-refractivity contribution in [3.8, 4) is 0 Å². The number of rotatable bonds is 9. The van der Waals surface area contributed by atoms with E-state index in [9.17, 15) is 9.59 Å². The highest BCUT2D eigenvalue weighted by Gasteiger charge is 2.38. The number of esters is 2. The van der Waals surface area contributed by atoms with Crippen molar-refractivity contribution < 1.29 is 23.6 Å². The summed E-state index contributed by atoms with van der Waals surface area (Å²) >= 11 is 0. The maximum absolute atomic E-state index is 13.0. The number of pyridine rings is 1. The van der Waals surface area contributed by atoms with Gasteiger partial charge in [0.2, 0.25) is 0 Å². The summed E-state index contributed by atoms with van der Waals surface area (Å²) in [6, 6.07) is 3.83. The Morgan fingerprint density at radius 1 is 1.00 bits per heavy atom. The molecular weight excluding hydrogens is 368 g/mol. The minimum Gasteiger partial charge on any atom is -0.462 e. The van der Waals surface area contributed by atoms with Crippen LogP contribution in [-0.4, -0.2) is 25.2 Å². The first kappa shape index (κ1) is 22.7. The first-order valence-corrected chi connectivity index (χ1v) is 10.4. The van der Waals surface area contributed by atoms with Gasteiger partial charge in [0.1, 0.15) is 7.05 Å². The van der Waals surface area contributed by atoms with Crippen LogP contribution in [-0.2, 0) is 26.1 Å². The van der Waals surface area contributed by atoms with Crippen molar-refractivity contribution in [1.82, 2.24) is 5.32 Å². The van der Waals surface area contributed by atoms with Gasteiger partial charge in [-0.3, -0.25) is 0 Å². The number of dihydropyridines is 1. The van der Waals surface area contributed by atoms with Crippen LogP contribution in [0.5, 0.6) is 0 Å². The molecule has 0 amide bonds. The SMILES string of the molecule is CCCCOC(=O)C1=C(C)NC(C)=C(C(=O)OCCCC)C1c1ccc[n+](C)c1. The first-order chi connectivity index (χ1) is 13.9. The lowest BCUT2D eigenvalue weighted by molar-refractivity contribution is -0.671. The molecule has 0 fully saturated rings. The van der Waals surface area contributed by atoms with E-state index >= 15 is 0 Å². The summed E-state index contributed by atoms with van der Waals surface area (Å²) in [5.74, 6) is -1.33. The van der Waals surface area contributed by atoms with Gasteiger partial charge in [-0.1, -0.05) is 26.7 Å². The monoisotopic (exact) mass is 401 g/mol. The van der Waals surface area contributed by atoms with Crippen LogP contribution in [0.4, 0.5) is 0 Å². The number of hydrogen-bond donors (Lipinski definition) is 1. The Balaban J connectivity index is 2.47. The van der Waals surface area contributed by atoms with Crippen LogP contribution in [0.25, 0.3) is 0 Å². The lowest BCUT2D eigenvalue weighted by atomic mass is 9.81. The molecular formula is C23H33N2O4+. The molecule has 1 aliphatic heterocycles. The van der Waals surface area contributed by atoms with Crippen molar-refractivity contribution >= 4 is 11.9 Å². The number of carbonyl (C=O) groups excluding carboxylic acids is 2. The number of hydrogen-bond acceptors (Lipinski definition) is 5. The maximum Gasteiger partial charge on any atom is 0.336 e. The fraction of sp³-hybridized carbons (Fsp3) is 0.522. The van der Waals surface area contributed by atoms with E-state index in [1.54, 1.807) is 0 Å². The predicted octanol–water partition coefficient (Wildman–Crippen LogP) is 3.43. The predicted molar refractivity (Wildman–Crippen MR) is 111 cm³/mol. The van der Waals surface area contributed by atoms with E-state index in [0.29, 0.717) is 35.8 Å². The average molecular weight is 402 g/mol. The molecule has 1 aliphatic rings. The van der Waals surface area contributed by atoms with Crippen molar-refractivity contribution in [2.45, 2.75) is 59.3 Å². The Morgan fingerprint density at radius 2 is 1.52 bits per heavy atom. The molecule has 2 heterocycles. The fourth-order valence-corrected chi connectivity index (χ4v) is 3.42. The summed E-state index contributed by atoms with van der Waals surface area (Å²) in [4.78, 5) is 26.0. The molecule has 0 saturated heterocycles. The summed E-state index contributed by atoms with van der Waals surface area (Å²) in [6.45, 7) is 8.50. The molecule has 0 bridgehead atoms. The minimum absolute atomic E-state index is 0.361. The van der Waals surface area contributed by atoms with Gasteiger partial charge in [-0.15, -0.1) is 0 Å². The lowest BCUT2D eigenvalue weighted by Crippen LogP contribution is -2.34. The standard InChI is InChI=1S/C23H32N2O4/c1-6-8-13-28-22(26)19-16(3)24-17(4)20(23(27)29-14-9-7-2)21(19)18-11-10-12-25(5)15-18/h10-12,15,21H,6-9,13-14H2,1-5H3/p+1. The van der Waals surface area contributed by atoms with Crippen molar-refractivity contribution in [2.75, 3.05) is 13.2 Å². The summed E-state index contributed by atoms with van der Waals surface area (Å²) < 4.78 is 12.9. The van der Waals surface area contributed by atoms with Gasteiger partial charge in [-0.2, -0.15) is 0 Å². The van der Waals surface area contributed by atoms with Crippen LogP contribution in [0, 0.1) is 0 Å². The Hall–Kier alpha value is -2.63. The molecule has 0 aliphatic carbocycles. The number of nitrogens with zero attached hydrogens (tertiary/aromatic N) is 1. The van der Waals surface area contributed by atoms with Crippen LogP contribution >= 0.6 is 0 Å². The summed E-state index contributed by atoms with van der Waals surface area (Å²) in [6.07, 6.45) is 7.32. The number of allylic oxidation sites excluding steroid dienone is 2. The molecule has 158 valence electrons. The van der Waals surface area contributed by atoms with Crippen LogP contribution in [0.3, 0.4) is 0 Å². The molecule has 0 saturated carbocycles. The maximum atomic E-state index is 13.0. The van der Waals surface area contributed by atoms with Gasteiger partial charge >= 0.3 is 11.9 Å². The van der Waals surface area contributed by atoms with Gasteiger partial charge in [-0.25, -0.2) is 14.2 Å². The normalized spacial score (nSPS) is 14.7. The molecule has 0 aromatic carbocycles. The van der Waals surface area contributed by atoms with Gasteiger partial charge in [0.25, 0.3) is 0 Å². The third-order valence-electron chi connectivity index (χ3n) is 4.96. The molecule has 1 aromatic rings. The van der Waals surface area contributed by atoms with E-state index in [0.717, 1.165) is 31.2 Å². The molecule has 6 heteroatoms. The Bertz CT molecular complexity index is 767. The summed E-state index contributed by atoms with van der Waals surface area (Å²) in [5.41, 5.74) is 3.16. The molecule has 2 rings (SSSR count). The molecule has 1 N–H and O–H groups in total. The highest BCUT2D eigenvalue weighted by Crippen LogP contribution is 2.38. The van der Waals surface area contributed by atoms with E-state index in [2.05, 4.69) is 5.32 Å². The van der Waals surface area contributed by atoms with E-state index in [1.807, 2.05) is 63.8 Å². The zero-order valence-corrected chi connectivity index (χ0v) is 18.2. The molecule has 0 radical (unpaired) electrons. The average Bonchev–Trinajstić information content (AvgIpc) is 2.67. The Morgan fingerprint density at radius 3 is 1.97 bits per heavy atom. The van der Waals surface area contributed by atoms with Crippen LogP contribution < -0.4 is 9.88 Å². The third-order valence-corrected chi connectivity index (χ3v) is 4.96. The zero-order chi connectivity index (χ0) is 21.4. The molecule has 0 unspecified atom stereocenters. The number of ether oxygens (including phenoxy) is 2. The highest BCUT2D eigenvalue weighted by atomic mass is 16.5. The first-order valence-electron chi connectivity index (χ1n) is 10.4. The number of unbranched alkanes of at least 4 members (excludes halogenated alkanes) is 2. The second kappa shape index (κ2) is 10.8. The van der Waals surface area contributed by atoms with Crippen LogP contribution in [0.1, 0.15) is 64.9 Å². The summed E-state index contributed by atoms with van der Waals surface area (Å²) in [5, 5.41) is 3.19. The van der Waals surface area contributed by atoms with Crippen LogP contribution in [0.15, 0.2) is 47.1 Å². The Kier molecular flexibility index (Phi) is 8.43. The second-order valence-corrected chi connectivity index (χ2v) is 7.42. The van der Waals surface area contributed by atoms with Crippen molar-refractivity contribution in [3.63, 3.8) is 0 Å². The largest absolute Gasteiger partial charge is 0.462 e. The van der Waals surface area contributed by atoms with E-state index in [-0.39, 0.29) is 0 Å². The lowest BCUT2D eigenvalue weighted by Gasteiger charge is -2.29. The van der Waals surface area contributed by atoms with E-state index < -0.39 is 17.9 Å². The highest BCUT2D eigenvalue weighted by molar-refractivity contribution is 5.99. The molecule has 6 nitrogen and oxygen atoms in total. The van der Waals surface area contributed by atoms with E-state index in [1.165, 1.54) is 0 Å². The number of nitrogens with one attached hydrogen (secondary N) is 1. The van der Waals surface area contributed by atoms with Gasteiger partial charge in [-0.05, 0) is 32.8 Å². The Labute approximate surface area is 173 Å². The minimum atomic E-state index is -0.535. The topological polar surface area (TPSA) is 68.5 Å². The second-order valence-electron chi connectivity index (χ2n) is 7.42. The summed E-state index contributed by atoms with van der Waals surface area (Å²) in [7, 11) is 1.91. The number of aromatic nitrogens is 1. The van der Waals surface area contributed by atoms with Crippen molar-refractivity contribution in [2.24, 2.45) is 7.05 Å². The van der Waals surface area contributed by atoms with E-state index in [4.69, 9.17) is 9.47 Å². The molecule has 29 heavy (non-hydrogen) atoms. The number of aryl methyl sites for hydroxylation is 1. The van der Waals surface area contributed by atoms with Crippen LogP contribution in [0.2, 0.25) is 0 Å². The fourth-order valence-electron chi connectivity index (χ4n) is 3.42. The van der Waals surface area contributed by atoms with Gasteiger partial charge in [0.05, 0.1) is 30.3 Å². The number of carbonyl (C=O) groups is 2. The molecule has 0 atom stereocenters. The smallest absolute Gasteiger partial charge is 0.336 e.